The SMILES string of the molecule is Cc1cccc(C)c1-c1cncc([C@H](CC(=O)O)NC(=O)C(CC(C)C)n2ccc(C3CC3)cc2=O)c1. The lowest BCUT2D eigenvalue weighted by Crippen LogP contribution is -2.40. The number of pyridine rings is 2. The zero-order valence-electron chi connectivity index (χ0n) is 21.9. The van der Waals surface area contributed by atoms with Crippen LogP contribution in [0.2, 0.25) is 0 Å². The highest BCUT2D eigenvalue weighted by Gasteiger charge is 2.29. The van der Waals surface area contributed by atoms with Crippen molar-refractivity contribution in [1.29, 1.82) is 0 Å². The van der Waals surface area contributed by atoms with Gasteiger partial charge in [0, 0.05) is 30.2 Å². The summed E-state index contributed by atoms with van der Waals surface area (Å²) in [7, 11) is 0. The number of amides is 1. The zero-order valence-corrected chi connectivity index (χ0v) is 21.9. The van der Waals surface area contributed by atoms with Crippen LogP contribution < -0.4 is 10.9 Å². The number of carbonyl (C=O) groups is 2. The Balaban J connectivity index is 1.65. The van der Waals surface area contributed by atoms with Crippen LogP contribution in [0.4, 0.5) is 0 Å². The van der Waals surface area contributed by atoms with Gasteiger partial charge in [0.2, 0.25) is 5.91 Å². The molecule has 1 aliphatic rings. The normalized spacial score (nSPS) is 14.8. The Bertz CT molecular complexity index is 1340. The van der Waals surface area contributed by atoms with Gasteiger partial charge in [-0.05, 0) is 84.9 Å². The maximum atomic E-state index is 13.6. The first kappa shape index (κ1) is 26.3. The van der Waals surface area contributed by atoms with Crippen molar-refractivity contribution in [2.75, 3.05) is 0 Å². The van der Waals surface area contributed by atoms with Crippen molar-refractivity contribution < 1.29 is 14.7 Å². The topological polar surface area (TPSA) is 101 Å². The second-order valence-electron chi connectivity index (χ2n) is 10.6. The molecule has 194 valence electrons. The van der Waals surface area contributed by atoms with Gasteiger partial charge in [0.05, 0.1) is 12.5 Å². The lowest BCUT2D eigenvalue weighted by Gasteiger charge is -2.25. The lowest BCUT2D eigenvalue weighted by molar-refractivity contribution is -0.138. The maximum absolute atomic E-state index is 13.6. The molecule has 1 aliphatic carbocycles. The molecule has 37 heavy (non-hydrogen) atoms. The van der Waals surface area contributed by atoms with Gasteiger partial charge in [-0.1, -0.05) is 32.0 Å². The van der Waals surface area contributed by atoms with Crippen molar-refractivity contribution in [3.8, 4) is 11.1 Å². The van der Waals surface area contributed by atoms with E-state index < -0.39 is 18.1 Å². The van der Waals surface area contributed by atoms with E-state index in [4.69, 9.17) is 0 Å². The van der Waals surface area contributed by atoms with E-state index in [0.717, 1.165) is 40.7 Å². The molecule has 0 aliphatic heterocycles. The van der Waals surface area contributed by atoms with Gasteiger partial charge >= 0.3 is 5.97 Å². The summed E-state index contributed by atoms with van der Waals surface area (Å²) < 4.78 is 1.48. The maximum Gasteiger partial charge on any atom is 0.305 e. The van der Waals surface area contributed by atoms with Crippen LogP contribution in [0.3, 0.4) is 0 Å². The van der Waals surface area contributed by atoms with E-state index in [9.17, 15) is 19.5 Å². The van der Waals surface area contributed by atoms with E-state index >= 15 is 0 Å². The fourth-order valence-electron chi connectivity index (χ4n) is 4.98. The Morgan fingerprint density at radius 3 is 2.41 bits per heavy atom. The van der Waals surface area contributed by atoms with E-state index in [-0.39, 0.29) is 23.8 Å². The lowest BCUT2D eigenvalue weighted by atomic mass is 9.94. The van der Waals surface area contributed by atoms with Crippen LogP contribution in [0.15, 0.2) is 59.8 Å². The van der Waals surface area contributed by atoms with Gasteiger partial charge in [-0.15, -0.1) is 0 Å². The van der Waals surface area contributed by atoms with Crippen molar-refractivity contribution in [3.05, 3.63) is 87.6 Å². The third-order valence-corrected chi connectivity index (χ3v) is 6.98. The molecule has 4 rings (SSSR count). The van der Waals surface area contributed by atoms with Crippen LogP contribution in [-0.2, 0) is 9.59 Å². The molecule has 2 aromatic heterocycles. The highest BCUT2D eigenvalue weighted by molar-refractivity contribution is 5.82. The number of hydrogen-bond donors (Lipinski definition) is 2. The first-order valence-electron chi connectivity index (χ1n) is 12.9. The molecule has 3 aromatic rings. The van der Waals surface area contributed by atoms with Crippen molar-refractivity contribution in [3.63, 3.8) is 0 Å². The Morgan fingerprint density at radius 2 is 1.81 bits per heavy atom. The summed E-state index contributed by atoms with van der Waals surface area (Å²) in [5.74, 6) is -0.818. The molecule has 1 amide bonds. The average molecular weight is 502 g/mol. The van der Waals surface area contributed by atoms with Crippen LogP contribution in [0.1, 0.15) is 79.8 Å². The minimum absolute atomic E-state index is 0.151. The minimum Gasteiger partial charge on any atom is -0.481 e. The summed E-state index contributed by atoms with van der Waals surface area (Å²) >= 11 is 0. The Morgan fingerprint density at radius 1 is 1.11 bits per heavy atom. The number of aromatic nitrogens is 2. The molecule has 1 fully saturated rings. The quantitative estimate of drug-likeness (QED) is 0.391. The van der Waals surface area contributed by atoms with E-state index in [0.29, 0.717) is 17.9 Å². The van der Waals surface area contributed by atoms with E-state index in [2.05, 4.69) is 10.3 Å². The van der Waals surface area contributed by atoms with Crippen molar-refractivity contribution in [2.45, 2.75) is 71.4 Å². The fourth-order valence-corrected chi connectivity index (χ4v) is 4.98. The predicted octanol–water partition coefficient (Wildman–Crippen LogP) is 5.32. The number of nitrogens with one attached hydrogen (secondary N) is 1. The van der Waals surface area contributed by atoms with Crippen molar-refractivity contribution in [1.82, 2.24) is 14.9 Å². The minimum atomic E-state index is -1.03. The second kappa shape index (κ2) is 11.1. The van der Waals surface area contributed by atoms with Crippen LogP contribution in [0, 0.1) is 19.8 Å². The summed E-state index contributed by atoms with van der Waals surface area (Å²) in [6, 6.07) is 9.95. The third-order valence-electron chi connectivity index (χ3n) is 6.98. The van der Waals surface area contributed by atoms with Gasteiger partial charge < -0.3 is 15.0 Å². The monoisotopic (exact) mass is 501 g/mol. The second-order valence-corrected chi connectivity index (χ2v) is 10.6. The number of aryl methyl sites for hydroxylation is 2. The molecular weight excluding hydrogens is 466 g/mol. The molecule has 2 heterocycles. The number of carboxylic acids is 1. The summed E-state index contributed by atoms with van der Waals surface area (Å²) in [5.41, 5.74) is 5.49. The van der Waals surface area contributed by atoms with Crippen molar-refractivity contribution in [2.24, 2.45) is 5.92 Å². The van der Waals surface area contributed by atoms with Crippen LogP contribution in [0.5, 0.6) is 0 Å². The highest BCUT2D eigenvalue weighted by atomic mass is 16.4. The van der Waals surface area contributed by atoms with Crippen molar-refractivity contribution >= 4 is 11.9 Å². The molecular formula is C30H35N3O4. The Hall–Kier alpha value is -3.74. The van der Waals surface area contributed by atoms with Crippen LogP contribution in [-0.4, -0.2) is 26.5 Å². The van der Waals surface area contributed by atoms with Crippen LogP contribution >= 0.6 is 0 Å². The van der Waals surface area contributed by atoms with Gasteiger partial charge in [-0.25, -0.2) is 0 Å². The third kappa shape index (κ3) is 6.34. The number of carboxylic acid groups (broad SMARTS) is 1. The van der Waals surface area contributed by atoms with Gasteiger partial charge in [0.1, 0.15) is 6.04 Å². The first-order chi connectivity index (χ1) is 17.6. The largest absolute Gasteiger partial charge is 0.481 e. The number of hydrogen-bond acceptors (Lipinski definition) is 4. The van der Waals surface area contributed by atoms with Gasteiger partial charge in [-0.2, -0.15) is 0 Å². The molecule has 7 heteroatoms. The van der Waals surface area contributed by atoms with E-state index in [1.54, 1.807) is 24.7 Å². The first-order valence-corrected chi connectivity index (χ1v) is 12.9. The molecule has 7 nitrogen and oxygen atoms in total. The molecule has 0 saturated heterocycles. The Kier molecular flexibility index (Phi) is 7.91. The standard InChI is InChI=1S/C30H35N3O4/c1-18(2)12-26(33-11-10-22(14-27(33)34)21-8-9-21)30(37)32-25(15-28(35)36)23-13-24(17-31-16-23)29-19(3)6-5-7-20(29)4/h5-7,10-11,13-14,16-18,21,25-26H,8-9,12,15H2,1-4H3,(H,32,37)(H,35,36)/t25-,26?/m0/s1. The molecule has 1 aromatic carbocycles. The predicted molar refractivity (Wildman–Crippen MR) is 143 cm³/mol. The molecule has 2 atom stereocenters. The highest BCUT2D eigenvalue weighted by Crippen LogP contribution is 2.39. The number of aliphatic carboxylic acids is 1. The van der Waals surface area contributed by atoms with Gasteiger partial charge in [0.15, 0.2) is 0 Å². The smallest absolute Gasteiger partial charge is 0.305 e. The average Bonchev–Trinajstić information content (AvgIpc) is 3.68. The summed E-state index contributed by atoms with van der Waals surface area (Å²) in [5, 5.41) is 12.6. The van der Waals surface area contributed by atoms with E-state index in [1.165, 1.54) is 4.57 Å². The van der Waals surface area contributed by atoms with E-state index in [1.807, 2.05) is 58.0 Å². The number of carbonyl (C=O) groups excluding carboxylic acids is 1. The molecule has 0 spiro atoms. The summed E-state index contributed by atoms with van der Waals surface area (Å²) in [6.07, 6.45) is 7.39. The number of benzene rings is 1. The molecule has 1 unspecified atom stereocenters. The molecule has 2 N–H and O–H groups in total. The molecule has 0 radical (unpaired) electrons. The Labute approximate surface area is 217 Å². The summed E-state index contributed by atoms with van der Waals surface area (Å²) in [4.78, 5) is 42.7. The number of rotatable bonds is 10. The van der Waals surface area contributed by atoms with Gasteiger partial charge in [0.25, 0.3) is 5.56 Å². The van der Waals surface area contributed by atoms with Gasteiger partial charge in [-0.3, -0.25) is 19.4 Å². The number of nitrogens with zero attached hydrogens (tertiary/aromatic N) is 2. The fraction of sp³-hybridized carbons (Fsp3) is 0.400. The molecule has 1 saturated carbocycles. The van der Waals surface area contributed by atoms with Crippen LogP contribution in [0.25, 0.3) is 11.1 Å². The molecule has 0 bridgehead atoms. The zero-order chi connectivity index (χ0) is 26.7. The summed E-state index contributed by atoms with van der Waals surface area (Å²) in [6.45, 7) is 8.04.